The Morgan fingerprint density at radius 2 is 1.85 bits per heavy atom. The van der Waals surface area contributed by atoms with Gasteiger partial charge in [-0.2, -0.15) is 0 Å². The van der Waals surface area contributed by atoms with Gasteiger partial charge in [0.25, 0.3) is 5.91 Å². The summed E-state index contributed by atoms with van der Waals surface area (Å²) in [5.74, 6) is -1.34. The lowest BCUT2D eigenvalue weighted by Gasteiger charge is -2.19. The highest BCUT2D eigenvalue weighted by molar-refractivity contribution is 7.20. The van der Waals surface area contributed by atoms with Gasteiger partial charge in [-0.3, -0.25) is 9.59 Å². The van der Waals surface area contributed by atoms with Gasteiger partial charge in [0, 0.05) is 23.2 Å². The van der Waals surface area contributed by atoms with Crippen LogP contribution in [0.4, 0.5) is 8.78 Å². The van der Waals surface area contributed by atoms with Crippen molar-refractivity contribution in [1.29, 1.82) is 0 Å². The van der Waals surface area contributed by atoms with E-state index < -0.39 is 0 Å². The van der Waals surface area contributed by atoms with Crippen LogP contribution in [0.25, 0.3) is 10.1 Å². The maximum Gasteiger partial charge on any atom is 0.264 e. The van der Waals surface area contributed by atoms with Crippen molar-refractivity contribution in [1.82, 2.24) is 10.2 Å². The van der Waals surface area contributed by atoms with Crippen LogP contribution in [-0.4, -0.2) is 29.8 Å². The van der Waals surface area contributed by atoms with Crippen molar-refractivity contribution in [2.75, 3.05) is 13.1 Å². The molecule has 3 aromatic rings. The number of fused-ring (bicyclic) bond motifs is 1. The minimum absolute atomic E-state index is 0.104. The third-order valence-corrected chi connectivity index (χ3v) is 5.21. The quantitative estimate of drug-likeness (QED) is 0.695. The van der Waals surface area contributed by atoms with Crippen molar-refractivity contribution in [2.45, 2.75) is 13.5 Å². The zero-order chi connectivity index (χ0) is 19.4. The molecule has 1 N–H and O–H groups in total. The van der Waals surface area contributed by atoms with Crippen LogP contribution < -0.4 is 5.32 Å². The van der Waals surface area contributed by atoms with Gasteiger partial charge in [-0.05, 0) is 42.8 Å². The molecule has 0 fully saturated rings. The molecule has 1 aromatic heterocycles. The zero-order valence-electron chi connectivity index (χ0n) is 14.7. The lowest BCUT2D eigenvalue weighted by Crippen LogP contribution is -2.40. The fraction of sp³-hybridized carbons (Fsp3) is 0.200. The number of benzene rings is 2. The van der Waals surface area contributed by atoms with Crippen molar-refractivity contribution in [3.63, 3.8) is 0 Å². The Kier molecular flexibility index (Phi) is 5.81. The molecule has 27 heavy (non-hydrogen) atoms. The monoisotopic (exact) mass is 388 g/mol. The minimum Gasteiger partial charge on any atom is -0.350 e. The van der Waals surface area contributed by atoms with E-state index >= 15 is 0 Å². The summed E-state index contributed by atoms with van der Waals surface area (Å²) in [6.45, 7) is 2.27. The third kappa shape index (κ3) is 4.49. The summed E-state index contributed by atoms with van der Waals surface area (Å²) in [6.07, 6.45) is 0. The number of nitrogens with one attached hydrogen (secondary N) is 1. The molecule has 2 aromatic carbocycles. The van der Waals surface area contributed by atoms with Gasteiger partial charge in [0.1, 0.15) is 11.6 Å². The number of carbonyl (C=O) groups is 2. The molecule has 140 valence electrons. The van der Waals surface area contributed by atoms with Crippen molar-refractivity contribution < 1.29 is 18.4 Å². The minimum atomic E-state index is -0.372. The van der Waals surface area contributed by atoms with Crippen LogP contribution in [-0.2, 0) is 11.3 Å². The van der Waals surface area contributed by atoms with Crippen molar-refractivity contribution in [2.24, 2.45) is 0 Å². The maximum absolute atomic E-state index is 13.8. The molecule has 0 saturated heterocycles. The van der Waals surface area contributed by atoms with Crippen LogP contribution >= 0.6 is 11.3 Å². The van der Waals surface area contributed by atoms with Crippen LogP contribution in [0.1, 0.15) is 22.2 Å². The highest BCUT2D eigenvalue weighted by atomic mass is 32.1. The zero-order valence-corrected chi connectivity index (χ0v) is 15.5. The SMILES string of the molecule is CCN(CC(=O)NCc1ccc(F)cc1)C(=O)c1cc2c(F)cccc2s1. The van der Waals surface area contributed by atoms with E-state index in [0.717, 1.165) is 5.56 Å². The summed E-state index contributed by atoms with van der Waals surface area (Å²) in [7, 11) is 0. The standard InChI is InChI=1S/C20H18F2N2O2S/c1-2-24(12-19(25)23-11-13-6-8-14(21)9-7-13)20(26)18-10-15-16(22)4-3-5-17(15)27-18/h3-10H,2,11-12H2,1H3,(H,23,25). The number of carbonyl (C=O) groups excluding carboxylic acids is 2. The first-order chi connectivity index (χ1) is 13.0. The fourth-order valence-electron chi connectivity index (χ4n) is 2.65. The van der Waals surface area contributed by atoms with Crippen LogP contribution in [0.15, 0.2) is 48.5 Å². The molecule has 0 radical (unpaired) electrons. The second-order valence-electron chi connectivity index (χ2n) is 5.98. The Bertz CT molecular complexity index is 970. The molecule has 7 heteroatoms. The number of thiophene rings is 1. The lowest BCUT2D eigenvalue weighted by molar-refractivity contribution is -0.121. The van der Waals surface area contributed by atoms with Gasteiger partial charge in [-0.15, -0.1) is 11.3 Å². The van der Waals surface area contributed by atoms with E-state index in [2.05, 4.69) is 5.32 Å². The van der Waals surface area contributed by atoms with Crippen molar-refractivity contribution >= 4 is 33.2 Å². The lowest BCUT2D eigenvalue weighted by atomic mass is 10.2. The molecule has 0 spiro atoms. The second-order valence-corrected chi connectivity index (χ2v) is 7.07. The average molecular weight is 388 g/mol. The molecule has 1 heterocycles. The van der Waals surface area contributed by atoms with Crippen LogP contribution in [0.2, 0.25) is 0 Å². The predicted molar refractivity (Wildman–Crippen MR) is 102 cm³/mol. The highest BCUT2D eigenvalue weighted by Crippen LogP contribution is 2.28. The summed E-state index contributed by atoms with van der Waals surface area (Å²) in [5, 5.41) is 3.12. The first-order valence-electron chi connectivity index (χ1n) is 8.46. The molecule has 0 unspecified atom stereocenters. The number of hydrogen-bond donors (Lipinski definition) is 1. The van der Waals surface area contributed by atoms with E-state index in [4.69, 9.17) is 0 Å². The molecule has 2 amide bonds. The van der Waals surface area contributed by atoms with Gasteiger partial charge in [-0.1, -0.05) is 18.2 Å². The number of nitrogens with zero attached hydrogens (tertiary/aromatic N) is 1. The molecule has 0 atom stereocenters. The number of likely N-dealkylation sites (N-methyl/N-ethyl adjacent to an activating group) is 1. The fourth-order valence-corrected chi connectivity index (χ4v) is 3.69. The van der Waals surface area contributed by atoms with Gasteiger partial charge in [0.15, 0.2) is 0 Å². The molecule has 4 nitrogen and oxygen atoms in total. The van der Waals surface area contributed by atoms with Crippen LogP contribution in [0, 0.1) is 11.6 Å². The second kappa shape index (κ2) is 8.26. The molecular weight excluding hydrogens is 370 g/mol. The largest absolute Gasteiger partial charge is 0.350 e. The Morgan fingerprint density at radius 1 is 1.11 bits per heavy atom. The summed E-state index contributed by atoms with van der Waals surface area (Å²) < 4.78 is 27.4. The Morgan fingerprint density at radius 3 is 2.52 bits per heavy atom. The molecule has 0 saturated carbocycles. The molecular formula is C20H18F2N2O2S. The third-order valence-electron chi connectivity index (χ3n) is 4.13. The summed E-state index contributed by atoms with van der Waals surface area (Å²) in [4.78, 5) is 26.7. The maximum atomic E-state index is 13.8. The molecule has 0 aliphatic rings. The first kappa shape index (κ1) is 19.0. The van der Waals surface area contributed by atoms with Gasteiger partial charge < -0.3 is 10.2 Å². The Labute approximate surface area is 159 Å². The van der Waals surface area contributed by atoms with Crippen LogP contribution in [0.5, 0.6) is 0 Å². The summed E-state index contributed by atoms with van der Waals surface area (Å²) in [5.41, 5.74) is 0.763. The van der Waals surface area contributed by atoms with E-state index in [-0.39, 0.29) is 36.5 Å². The molecule has 0 bridgehead atoms. The van der Waals surface area contributed by atoms with E-state index in [1.54, 1.807) is 31.2 Å². The number of rotatable bonds is 6. The normalized spacial score (nSPS) is 10.8. The van der Waals surface area contributed by atoms with E-state index in [9.17, 15) is 18.4 Å². The topological polar surface area (TPSA) is 49.4 Å². The van der Waals surface area contributed by atoms with Crippen LogP contribution in [0.3, 0.4) is 0 Å². The highest BCUT2D eigenvalue weighted by Gasteiger charge is 2.20. The summed E-state index contributed by atoms with van der Waals surface area (Å²) in [6, 6.07) is 12.1. The smallest absolute Gasteiger partial charge is 0.264 e. The van der Waals surface area contributed by atoms with E-state index in [0.29, 0.717) is 21.5 Å². The van der Waals surface area contributed by atoms with Gasteiger partial charge >= 0.3 is 0 Å². The number of halogens is 2. The average Bonchev–Trinajstić information content (AvgIpc) is 3.11. The molecule has 3 rings (SSSR count). The van der Waals surface area contributed by atoms with Crippen molar-refractivity contribution in [3.8, 4) is 0 Å². The number of amides is 2. The van der Waals surface area contributed by atoms with Gasteiger partial charge in [-0.25, -0.2) is 8.78 Å². The van der Waals surface area contributed by atoms with Crippen molar-refractivity contribution in [3.05, 3.63) is 70.6 Å². The molecule has 0 aliphatic carbocycles. The Hall–Kier alpha value is -2.80. The summed E-state index contributed by atoms with van der Waals surface area (Å²) >= 11 is 1.20. The number of hydrogen-bond acceptors (Lipinski definition) is 3. The van der Waals surface area contributed by atoms with Gasteiger partial charge in [0.2, 0.25) is 5.91 Å². The first-order valence-corrected chi connectivity index (χ1v) is 9.28. The van der Waals surface area contributed by atoms with Gasteiger partial charge in [0.05, 0.1) is 11.4 Å². The Balaban J connectivity index is 1.64. The predicted octanol–water partition coefficient (Wildman–Crippen LogP) is 3.96. The van der Waals surface area contributed by atoms with E-state index in [1.165, 1.54) is 40.5 Å². The van der Waals surface area contributed by atoms with E-state index in [1.807, 2.05) is 0 Å². The molecule has 0 aliphatic heterocycles.